The summed E-state index contributed by atoms with van der Waals surface area (Å²) in [5, 5.41) is 13.0. The number of hydrogen-bond donors (Lipinski definition) is 2. The second-order valence-electron chi connectivity index (χ2n) is 11.2. The molecular formula is C28H39F2N5O2. The van der Waals surface area contributed by atoms with E-state index < -0.39 is 17.4 Å². The first-order chi connectivity index (χ1) is 17.4. The van der Waals surface area contributed by atoms with Crippen LogP contribution in [-0.2, 0) is 17.1 Å². The number of piperazine rings is 1. The van der Waals surface area contributed by atoms with Crippen LogP contribution in [0.1, 0.15) is 73.9 Å². The molecule has 1 amide bonds. The molecule has 2 N–H and O–H groups in total. The number of nitrogens with one attached hydrogen (secondary N) is 1. The largest absolute Gasteiger partial charge is 0.394 e. The van der Waals surface area contributed by atoms with Crippen LogP contribution in [0.3, 0.4) is 0 Å². The van der Waals surface area contributed by atoms with Crippen molar-refractivity contribution in [1.29, 1.82) is 0 Å². The highest BCUT2D eigenvalue weighted by atomic mass is 19.3. The van der Waals surface area contributed by atoms with E-state index in [1.165, 1.54) is 11.6 Å². The van der Waals surface area contributed by atoms with Gasteiger partial charge in [-0.3, -0.25) is 4.79 Å². The van der Waals surface area contributed by atoms with Crippen LogP contribution in [0.15, 0.2) is 24.5 Å². The van der Waals surface area contributed by atoms with Gasteiger partial charge in [0.15, 0.2) is 0 Å². The fourth-order valence-electron chi connectivity index (χ4n) is 5.41. The number of anilines is 1. The predicted octanol–water partition coefficient (Wildman–Crippen LogP) is 3.74. The van der Waals surface area contributed by atoms with E-state index in [4.69, 9.17) is 0 Å². The van der Waals surface area contributed by atoms with Crippen molar-refractivity contribution in [2.45, 2.75) is 70.8 Å². The molecule has 0 saturated carbocycles. The van der Waals surface area contributed by atoms with Crippen molar-refractivity contribution in [3.05, 3.63) is 52.5 Å². The first kappa shape index (κ1) is 27.4. The number of aromatic nitrogens is 2. The van der Waals surface area contributed by atoms with E-state index >= 15 is 0 Å². The van der Waals surface area contributed by atoms with E-state index in [1.54, 1.807) is 25.4 Å². The van der Waals surface area contributed by atoms with Gasteiger partial charge < -0.3 is 20.2 Å². The highest BCUT2D eigenvalue weighted by Crippen LogP contribution is 2.37. The molecule has 0 spiro atoms. The number of alkyl halides is 2. The lowest BCUT2D eigenvalue weighted by molar-refractivity contribution is -0.133. The minimum atomic E-state index is -2.95. The Hall–Kier alpha value is -2.65. The monoisotopic (exact) mass is 515 g/mol. The third-order valence-corrected chi connectivity index (χ3v) is 7.75. The Bertz CT molecular complexity index is 1130. The zero-order valence-electron chi connectivity index (χ0n) is 22.5. The van der Waals surface area contributed by atoms with E-state index in [0.717, 1.165) is 31.3 Å². The molecule has 9 heteroatoms. The highest BCUT2D eigenvalue weighted by Gasteiger charge is 2.34. The van der Waals surface area contributed by atoms with Crippen molar-refractivity contribution in [2.75, 3.05) is 44.2 Å². The second-order valence-corrected chi connectivity index (χ2v) is 11.2. The Labute approximate surface area is 218 Å². The number of aliphatic hydroxyl groups is 1. The molecule has 0 bridgehead atoms. The summed E-state index contributed by atoms with van der Waals surface area (Å²) in [6.45, 7) is 11.1. The lowest BCUT2D eigenvalue weighted by Gasteiger charge is -2.38. The molecule has 1 aliphatic heterocycles. The van der Waals surface area contributed by atoms with Crippen molar-refractivity contribution >= 4 is 11.7 Å². The van der Waals surface area contributed by atoms with E-state index in [1.807, 2.05) is 18.7 Å². The summed E-state index contributed by atoms with van der Waals surface area (Å²) in [6, 6.07) is 4.76. The number of amides is 1. The minimum Gasteiger partial charge on any atom is -0.394 e. The maximum atomic E-state index is 14.0. The van der Waals surface area contributed by atoms with Crippen LogP contribution in [0.5, 0.6) is 0 Å². The number of rotatable bonds is 8. The zero-order valence-corrected chi connectivity index (χ0v) is 22.5. The molecule has 2 atom stereocenters. The van der Waals surface area contributed by atoms with Gasteiger partial charge in [-0.1, -0.05) is 25.1 Å². The van der Waals surface area contributed by atoms with Gasteiger partial charge in [-0.2, -0.15) is 0 Å². The van der Waals surface area contributed by atoms with Crippen LogP contribution in [0, 0.1) is 6.92 Å². The normalized spacial score (nSPS) is 19.2. The van der Waals surface area contributed by atoms with Crippen LogP contribution in [0.2, 0.25) is 0 Å². The van der Waals surface area contributed by atoms with E-state index in [2.05, 4.69) is 27.1 Å². The molecular weight excluding hydrogens is 476 g/mol. The summed E-state index contributed by atoms with van der Waals surface area (Å²) >= 11 is 0. The Kier molecular flexibility index (Phi) is 7.85. The van der Waals surface area contributed by atoms with Gasteiger partial charge in [-0.05, 0) is 50.7 Å². The molecule has 1 aromatic heterocycles. The molecule has 0 radical (unpaired) electrons. The van der Waals surface area contributed by atoms with Crippen molar-refractivity contribution < 1.29 is 18.7 Å². The number of halogens is 2. The molecule has 1 fully saturated rings. The molecule has 1 aromatic carbocycles. The first-order valence-electron chi connectivity index (χ1n) is 13.1. The summed E-state index contributed by atoms with van der Waals surface area (Å²) in [7, 11) is 0. The fraction of sp³-hybridized carbons (Fsp3) is 0.607. The lowest BCUT2D eigenvalue weighted by atomic mass is 9.91. The predicted molar refractivity (Wildman–Crippen MR) is 140 cm³/mol. The van der Waals surface area contributed by atoms with Crippen LogP contribution < -0.4 is 10.2 Å². The molecule has 1 aliphatic carbocycles. The third-order valence-electron chi connectivity index (χ3n) is 7.75. The van der Waals surface area contributed by atoms with Gasteiger partial charge in [-0.15, -0.1) is 0 Å². The maximum Gasteiger partial charge on any atom is 0.270 e. The average Bonchev–Trinajstić information content (AvgIpc) is 3.24. The number of hydrogen-bond acceptors (Lipinski definition) is 6. The van der Waals surface area contributed by atoms with Gasteiger partial charge in [0, 0.05) is 62.0 Å². The Morgan fingerprint density at radius 2 is 1.89 bits per heavy atom. The van der Waals surface area contributed by atoms with Crippen molar-refractivity contribution in [3.63, 3.8) is 0 Å². The number of aliphatic hydroxyl groups excluding tert-OH is 1. The first-order valence-corrected chi connectivity index (χ1v) is 13.1. The molecule has 202 valence electrons. The van der Waals surface area contributed by atoms with Crippen molar-refractivity contribution in [3.8, 4) is 0 Å². The molecule has 2 aliphatic rings. The number of carbonyl (C=O) groups excluding carboxylic acids is 1. The molecule has 37 heavy (non-hydrogen) atoms. The molecule has 2 heterocycles. The maximum absolute atomic E-state index is 14.0. The second kappa shape index (κ2) is 10.6. The van der Waals surface area contributed by atoms with Crippen molar-refractivity contribution in [1.82, 2.24) is 20.2 Å². The van der Waals surface area contributed by atoms with Crippen LogP contribution in [-0.4, -0.2) is 70.8 Å². The number of fused-ring (bicyclic) bond motifs is 1. The lowest BCUT2D eigenvalue weighted by Crippen LogP contribution is -2.52. The van der Waals surface area contributed by atoms with Crippen LogP contribution >= 0.6 is 0 Å². The van der Waals surface area contributed by atoms with Gasteiger partial charge in [0.1, 0.15) is 12.1 Å². The standard InChI is InChI=1S/C28H39F2N5O2/c1-18-6-9-23-24(18)25(32-17-31-23)34-10-12-35(13-11-34)26(37)21(15-33-27(3,4)16-36)20-7-8-22(19(2)14-20)28(5,29)30/h7-8,14,17-18,21,33,36H,6,9-13,15-16H2,1-5H3. The van der Waals surface area contributed by atoms with Gasteiger partial charge in [-0.25, -0.2) is 18.7 Å². The smallest absolute Gasteiger partial charge is 0.270 e. The Balaban J connectivity index is 1.52. The van der Waals surface area contributed by atoms with Gasteiger partial charge >= 0.3 is 0 Å². The SMILES string of the molecule is Cc1cc(C(CNC(C)(C)CO)C(=O)N2CCN(c3ncnc4c3C(C)CC4)CC2)ccc1C(C)(F)F. The number of aryl methyl sites for hydroxylation is 2. The Morgan fingerprint density at radius 1 is 1.19 bits per heavy atom. The minimum absolute atomic E-state index is 0.0358. The highest BCUT2D eigenvalue weighted by molar-refractivity contribution is 5.84. The zero-order chi connectivity index (χ0) is 27.0. The van der Waals surface area contributed by atoms with Gasteiger partial charge in [0.2, 0.25) is 5.91 Å². The molecule has 2 unspecified atom stereocenters. The molecule has 4 rings (SSSR count). The molecule has 2 aromatic rings. The van der Waals surface area contributed by atoms with Gasteiger partial charge in [0.05, 0.1) is 12.5 Å². The number of nitrogens with zero attached hydrogens (tertiary/aromatic N) is 4. The summed E-state index contributed by atoms with van der Waals surface area (Å²) in [5.74, 6) is -2.14. The summed E-state index contributed by atoms with van der Waals surface area (Å²) < 4.78 is 28.0. The summed E-state index contributed by atoms with van der Waals surface area (Å²) in [6.07, 6.45) is 3.70. The third kappa shape index (κ3) is 5.93. The molecule has 1 saturated heterocycles. The quantitative estimate of drug-likeness (QED) is 0.558. The summed E-state index contributed by atoms with van der Waals surface area (Å²) in [5.41, 5.74) is 2.91. The topological polar surface area (TPSA) is 81.6 Å². The number of carbonyl (C=O) groups is 1. The van der Waals surface area contributed by atoms with E-state index in [0.29, 0.717) is 49.8 Å². The molecule has 7 nitrogen and oxygen atoms in total. The van der Waals surface area contributed by atoms with Crippen LogP contribution in [0.4, 0.5) is 14.6 Å². The van der Waals surface area contributed by atoms with Crippen molar-refractivity contribution in [2.24, 2.45) is 0 Å². The fourth-order valence-corrected chi connectivity index (χ4v) is 5.41. The van der Waals surface area contributed by atoms with E-state index in [9.17, 15) is 18.7 Å². The Morgan fingerprint density at radius 3 is 2.51 bits per heavy atom. The average molecular weight is 516 g/mol. The van der Waals surface area contributed by atoms with Gasteiger partial charge in [0.25, 0.3) is 5.92 Å². The van der Waals surface area contributed by atoms with Crippen LogP contribution in [0.25, 0.3) is 0 Å². The van der Waals surface area contributed by atoms with E-state index in [-0.39, 0.29) is 18.1 Å². The number of benzene rings is 1. The summed E-state index contributed by atoms with van der Waals surface area (Å²) in [4.78, 5) is 27.0.